The molecule has 1 heterocycles. The lowest BCUT2D eigenvalue weighted by Crippen LogP contribution is -2.44. The highest BCUT2D eigenvalue weighted by Gasteiger charge is 2.33. The highest BCUT2D eigenvalue weighted by Crippen LogP contribution is 2.31. The molecule has 5 heteroatoms. The summed E-state index contributed by atoms with van der Waals surface area (Å²) in [5.74, 6) is 1.57. The number of likely N-dealkylation sites (tertiary alicyclic amines) is 1. The molecule has 0 bridgehead atoms. The van der Waals surface area contributed by atoms with Crippen molar-refractivity contribution in [1.29, 1.82) is 0 Å². The van der Waals surface area contributed by atoms with E-state index in [0.717, 1.165) is 51.1 Å². The summed E-state index contributed by atoms with van der Waals surface area (Å²) in [6.07, 6.45) is 13.5. The van der Waals surface area contributed by atoms with Crippen LogP contribution in [0.2, 0.25) is 0 Å². The van der Waals surface area contributed by atoms with Gasteiger partial charge in [-0.1, -0.05) is 12.8 Å². The van der Waals surface area contributed by atoms with E-state index in [4.69, 9.17) is 0 Å². The molecule has 0 spiro atoms. The second-order valence-corrected chi connectivity index (χ2v) is 9.49. The lowest BCUT2D eigenvalue weighted by Gasteiger charge is -2.33. The first-order valence-electron chi connectivity index (χ1n) is 11.5. The topological polar surface area (TPSA) is 61.4 Å². The molecule has 4 rings (SSSR count). The van der Waals surface area contributed by atoms with Crippen molar-refractivity contribution < 1.29 is 9.59 Å². The summed E-state index contributed by atoms with van der Waals surface area (Å²) in [5.41, 5.74) is 0. The quantitative estimate of drug-likeness (QED) is 0.750. The lowest BCUT2D eigenvalue weighted by atomic mass is 9.85. The number of carbonyl (C=O) groups excluding carboxylic acids is 2. The van der Waals surface area contributed by atoms with Crippen LogP contribution in [-0.2, 0) is 9.59 Å². The van der Waals surface area contributed by atoms with Crippen LogP contribution in [0.5, 0.6) is 0 Å². The minimum atomic E-state index is 0.149. The van der Waals surface area contributed by atoms with Gasteiger partial charge in [0.25, 0.3) is 0 Å². The van der Waals surface area contributed by atoms with Crippen LogP contribution in [0, 0.1) is 17.8 Å². The minimum Gasteiger partial charge on any atom is -0.356 e. The molecule has 4 fully saturated rings. The van der Waals surface area contributed by atoms with Gasteiger partial charge in [-0.3, -0.25) is 9.59 Å². The molecule has 27 heavy (non-hydrogen) atoms. The Morgan fingerprint density at radius 3 is 2.00 bits per heavy atom. The van der Waals surface area contributed by atoms with Crippen molar-refractivity contribution in [2.75, 3.05) is 19.6 Å². The number of hydrogen-bond acceptors (Lipinski definition) is 3. The summed E-state index contributed by atoms with van der Waals surface area (Å²) < 4.78 is 0. The van der Waals surface area contributed by atoms with Crippen LogP contribution in [-0.4, -0.2) is 48.4 Å². The van der Waals surface area contributed by atoms with Crippen molar-refractivity contribution in [3.05, 3.63) is 0 Å². The molecule has 0 aromatic carbocycles. The lowest BCUT2D eigenvalue weighted by molar-refractivity contribution is -0.127. The van der Waals surface area contributed by atoms with Crippen LogP contribution >= 0.6 is 0 Å². The Morgan fingerprint density at radius 2 is 1.37 bits per heavy atom. The molecular formula is C22H37N3O2. The average Bonchev–Trinajstić information content (AvgIpc) is 3.40. The maximum atomic E-state index is 12.6. The predicted octanol–water partition coefficient (Wildman–Crippen LogP) is 2.84. The fraction of sp³-hybridized carbons (Fsp3) is 0.909. The Kier molecular flexibility index (Phi) is 6.36. The molecule has 0 aromatic rings. The van der Waals surface area contributed by atoms with Gasteiger partial charge in [0.05, 0.1) is 0 Å². The Bertz CT molecular complexity index is 512. The molecule has 0 unspecified atom stereocenters. The summed E-state index contributed by atoms with van der Waals surface area (Å²) in [5, 5.41) is 6.48. The van der Waals surface area contributed by atoms with E-state index in [2.05, 4.69) is 15.5 Å². The van der Waals surface area contributed by atoms with E-state index < -0.39 is 0 Å². The van der Waals surface area contributed by atoms with Crippen molar-refractivity contribution in [1.82, 2.24) is 15.5 Å². The van der Waals surface area contributed by atoms with Crippen LogP contribution in [0.1, 0.15) is 77.0 Å². The smallest absolute Gasteiger partial charge is 0.223 e. The zero-order valence-corrected chi connectivity index (χ0v) is 16.8. The molecule has 5 nitrogen and oxygen atoms in total. The number of nitrogens with zero attached hydrogens (tertiary/aromatic N) is 1. The van der Waals surface area contributed by atoms with Gasteiger partial charge in [0.2, 0.25) is 11.8 Å². The molecule has 1 saturated heterocycles. The number of hydrogen-bond donors (Lipinski definition) is 2. The summed E-state index contributed by atoms with van der Waals surface area (Å²) >= 11 is 0. The van der Waals surface area contributed by atoms with Crippen molar-refractivity contribution in [2.45, 2.75) is 89.1 Å². The molecular weight excluding hydrogens is 338 g/mol. The number of nitrogens with one attached hydrogen (secondary N) is 2. The predicted molar refractivity (Wildman–Crippen MR) is 106 cm³/mol. The molecule has 152 valence electrons. The summed E-state index contributed by atoms with van der Waals surface area (Å²) in [6.45, 7) is 3.30. The van der Waals surface area contributed by atoms with E-state index >= 15 is 0 Å². The Morgan fingerprint density at radius 1 is 0.741 bits per heavy atom. The number of amides is 2. The normalized spacial score (nSPS) is 31.0. The molecule has 1 aliphatic heterocycles. The van der Waals surface area contributed by atoms with E-state index in [1.807, 2.05) is 0 Å². The van der Waals surface area contributed by atoms with Gasteiger partial charge in [-0.25, -0.2) is 0 Å². The second-order valence-electron chi connectivity index (χ2n) is 9.49. The third-order valence-electron chi connectivity index (χ3n) is 7.45. The van der Waals surface area contributed by atoms with Crippen LogP contribution in [0.3, 0.4) is 0 Å². The summed E-state index contributed by atoms with van der Waals surface area (Å²) in [7, 11) is 0. The third kappa shape index (κ3) is 5.24. The summed E-state index contributed by atoms with van der Waals surface area (Å²) in [6, 6.07) is 1.17. The Hall–Kier alpha value is -1.10. The molecule has 3 aliphatic carbocycles. The van der Waals surface area contributed by atoms with Crippen molar-refractivity contribution in [2.24, 2.45) is 17.8 Å². The highest BCUT2D eigenvalue weighted by atomic mass is 16.2. The van der Waals surface area contributed by atoms with E-state index in [0.29, 0.717) is 5.92 Å². The van der Waals surface area contributed by atoms with Gasteiger partial charge in [0.1, 0.15) is 0 Å². The van der Waals surface area contributed by atoms with Gasteiger partial charge >= 0.3 is 0 Å². The fourth-order valence-electron chi connectivity index (χ4n) is 5.36. The largest absolute Gasteiger partial charge is 0.356 e. The molecule has 0 aromatic heterocycles. The average molecular weight is 376 g/mol. The van der Waals surface area contributed by atoms with E-state index in [1.165, 1.54) is 51.6 Å². The van der Waals surface area contributed by atoms with E-state index in [-0.39, 0.29) is 29.7 Å². The zero-order chi connectivity index (χ0) is 18.6. The first-order chi connectivity index (χ1) is 13.2. The molecule has 2 amide bonds. The number of carbonyl (C=O) groups is 2. The monoisotopic (exact) mass is 375 g/mol. The molecule has 3 saturated carbocycles. The number of piperidine rings is 1. The van der Waals surface area contributed by atoms with Crippen LogP contribution in [0.15, 0.2) is 0 Å². The molecule has 2 N–H and O–H groups in total. The zero-order valence-electron chi connectivity index (χ0n) is 16.8. The standard InChI is InChI=1S/C22H37N3O2/c26-21(23-15-16-11-13-25(14-12-16)20-9-10-20)18-5-7-19(8-6-18)24-22(27)17-3-1-2-4-17/h16-20H,1-15H2,(H,23,26)(H,24,27). The minimum absolute atomic E-state index is 0.149. The van der Waals surface area contributed by atoms with Crippen molar-refractivity contribution in [3.8, 4) is 0 Å². The van der Waals surface area contributed by atoms with Crippen molar-refractivity contribution in [3.63, 3.8) is 0 Å². The van der Waals surface area contributed by atoms with E-state index in [9.17, 15) is 9.59 Å². The summed E-state index contributed by atoms with van der Waals surface area (Å²) in [4.78, 5) is 27.5. The SMILES string of the molecule is O=C(NCC1CCN(C2CC2)CC1)C1CCC(NC(=O)C2CCCC2)CC1. The van der Waals surface area contributed by atoms with Gasteiger partial charge < -0.3 is 15.5 Å². The van der Waals surface area contributed by atoms with E-state index in [1.54, 1.807) is 0 Å². The van der Waals surface area contributed by atoms with Gasteiger partial charge in [-0.05, 0) is 83.2 Å². The molecule has 0 atom stereocenters. The van der Waals surface area contributed by atoms with Crippen LogP contribution < -0.4 is 10.6 Å². The second kappa shape index (κ2) is 8.93. The third-order valence-corrected chi connectivity index (χ3v) is 7.45. The Labute approximate surface area is 164 Å². The number of rotatable bonds is 6. The fourth-order valence-corrected chi connectivity index (χ4v) is 5.36. The van der Waals surface area contributed by atoms with Crippen LogP contribution in [0.4, 0.5) is 0 Å². The first kappa shape index (κ1) is 19.2. The Balaban J connectivity index is 1.11. The van der Waals surface area contributed by atoms with Gasteiger partial charge in [0.15, 0.2) is 0 Å². The van der Waals surface area contributed by atoms with Gasteiger partial charge in [-0.2, -0.15) is 0 Å². The van der Waals surface area contributed by atoms with Gasteiger partial charge in [0, 0.05) is 30.5 Å². The molecule has 0 radical (unpaired) electrons. The first-order valence-corrected chi connectivity index (χ1v) is 11.5. The van der Waals surface area contributed by atoms with Gasteiger partial charge in [-0.15, -0.1) is 0 Å². The maximum absolute atomic E-state index is 12.6. The highest BCUT2D eigenvalue weighted by molar-refractivity contribution is 5.80. The molecule has 4 aliphatic rings. The van der Waals surface area contributed by atoms with Crippen LogP contribution in [0.25, 0.3) is 0 Å². The van der Waals surface area contributed by atoms with Crippen molar-refractivity contribution >= 4 is 11.8 Å². The maximum Gasteiger partial charge on any atom is 0.223 e.